The molecule has 0 radical (unpaired) electrons. The van der Waals surface area contributed by atoms with Crippen molar-refractivity contribution < 1.29 is 9.32 Å². The molecule has 1 unspecified atom stereocenters. The van der Waals surface area contributed by atoms with E-state index in [2.05, 4.69) is 26.9 Å². The van der Waals surface area contributed by atoms with Crippen LogP contribution in [0.1, 0.15) is 24.3 Å². The van der Waals surface area contributed by atoms with Gasteiger partial charge < -0.3 is 14.3 Å². The SMILES string of the molecule is Cc1ccc(Cl)cc1N1CCN(C(=O)C2CCCN(Cc3nc(-c4cccc(Cl)c4)no3)C2)CC1. The first-order valence-electron chi connectivity index (χ1n) is 12.1. The number of anilines is 1. The van der Waals surface area contributed by atoms with Gasteiger partial charge in [0.25, 0.3) is 0 Å². The Bertz CT molecular complexity index is 1190. The summed E-state index contributed by atoms with van der Waals surface area (Å²) >= 11 is 12.3. The van der Waals surface area contributed by atoms with Crippen LogP contribution in [-0.2, 0) is 11.3 Å². The normalized spacial score (nSPS) is 19.2. The summed E-state index contributed by atoms with van der Waals surface area (Å²) in [6.07, 6.45) is 1.90. The van der Waals surface area contributed by atoms with Crippen LogP contribution < -0.4 is 4.90 Å². The lowest BCUT2D eigenvalue weighted by Gasteiger charge is -2.40. The van der Waals surface area contributed by atoms with Gasteiger partial charge in [0.1, 0.15) is 0 Å². The zero-order valence-corrected chi connectivity index (χ0v) is 21.3. The van der Waals surface area contributed by atoms with Gasteiger partial charge in [-0.15, -0.1) is 0 Å². The zero-order chi connectivity index (χ0) is 24.4. The number of amides is 1. The van der Waals surface area contributed by atoms with E-state index in [0.717, 1.165) is 61.8 Å². The van der Waals surface area contributed by atoms with E-state index < -0.39 is 0 Å². The molecule has 3 heterocycles. The fourth-order valence-electron chi connectivity index (χ4n) is 5.01. The Labute approximate surface area is 215 Å². The van der Waals surface area contributed by atoms with Crippen LogP contribution in [0.4, 0.5) is 5.69 Å². The monoisotopic (exact) mass is 513 g/mol. The Morgan fingerprint density at radius 2 is 1.86 bits per heavy atom. The molecule has 1 aromatic heterocycles. The number of aromatic nitrogens is 2. The molecule has 0 saturated carbocycles. The van der Waals surface area contributed by atoms with E-state index in [1.54, 1.807) is 0 Å². The minimum Gasteiger partial charge on any atom is -0.368 e. The second-order valence-electron chi connectivity index (χ2n) is 9.34. The fraction of sp³-hybridized carbons (Fsp3) is 0.423. The van der Waals surface area contributed by atoms with Crippen molar-refractivity contribution in [1.29, 1.82) is 0 Å². The van der Waals surface area contributed by atoms with E-state index in [1.165, 1.54) is 5.56 Å². The molecule has 2 fully saturated rings. The molecule has 7 nitrogen and oxygen atoms in total. The summed E-state index contributed by atoms with van der Waals surface area (Å²) in [6.45, 7) is 7.36. The molecule has 2 aliphatic rings. The highest BCUT2D eigenvalue weighted by Gasteiger charge is 2.32. The van der Waals surface area contributed by atoms with Crippen molar-refractivity contribution in [3.63, 3.8) is 0 Å². The summed E-state index contributed by atoms with van der Waals surface area (Å²) in [4.78, 5) is 24.5. The highest BCUT2D eigenvalue weighted by atomic mass is 35.5. The summed E-state index contributed by atoms with van der Waals surface area (Å²) in [7, 11) is 0. The minimum atomic E-state index is -0.00136. The van der Waals surface area contributed by atoms with E-state index in [-0.39, 0.29) is 11.8 Å². The van der Waals surface area contributed by atoms with E-state index in [1.807, 2.05) is 47.4 Å². The first-order valence-corrected chi connectivity index (χ1v) is 12.8. The molecular formula is C26H29Cl2N5O2. The van der Waals surface area contributed by atoms with Crippen molar-refractivity contribution >= 4 is 34.8 Å². The second-order valence-corrected chi connectivity index (χ2v) is 10.2. The molecule has 1 atom stereocenters. The van der Waals surface area contributed by atoms with Gasteiger partial charge in [0.2, 0.25) is 17.6 Å². The molecule has 3 aromatic rings. The third kappa shape index (κ3) is 5.63. The number of rotatable bonds is 5. The van der Waals surface area contributed by atoms with Crippen molar-refractivity contribution in [2.45, 2.75) is 26.3 Å². The second kappa shape index (κ2) is 10.6. The van der Waals surface area contributed by atoms with E-state index in [0.29, 0.717) is 29.8 Å². The number of hydrogen-bond acceptors (Lipinski definition) is 6. The largest absolute Gasteiger partial charge is 0.368 e. The molecule has 5 rings (SSSR count). The molecular weight excluding hydrogens is 485 g/mol. The van der Waals surface area contributed by atoms with Gasteiger partial charge in [0, 0.05) is 54.0 Å². The Morgan fingerprint density at radius 1 is 1.06 bits per heavy atom. The average Bonchev–Trinajstić information content (AvgIpc) is 3.34. The first-order chi connectivity index (χ1) is 17.0. The Balaban J connectivity index is 1.16. The number of piperidine rings is 1. The number of piperazine rings is 1. The van der Waals surface area contributed by atoms with Gasteiger partial charge in [-0.3, -0.25) is 9.69 Å². The number of carbonyl (C=O) groups excluding carboxylic acids is 1. The van der Waals surface area contributed by atoms with Crippen LogP contribution in [0.5, 0.6) is 0 Å². The number of benzene rings is 2. The van der Waals surface area contributed by atoms with Crippen LogP contribution in [0.15, 0.2) is 47.0 Å². The third-order valence-corrected chi connectivity index (χ3v) is 7.34. The summed E-state index contributed by atoms with van der Waals surface area (Å²) in [5.41, 5.74) is 3.19. The zero-order valence-electron chi connectivity index (χ0n) is 19.8. The number of halogens is 2. The highest BCUT2D eigenvalue weighted by Crippen LogP contribution is 2.27. The molecule has 184 valence electrons. The number of aryl methyl sites for hydroxylation is 1. The number of hydrogen-bond donors (Lipinski definition) is 0. The van der Waals surface area contributed by atoms with Gasteiger partial charge >= 0.3 is 0 Å². The first kappa shape index (κ1) is 24.1. The number of carbonyl (C=O) groups is 1. The molecule has 9 heteroatoms. The lowest BCUT2D eigenvalue weighted by molar-refractivity contribution is -0.137. The number of nitrogens with zero attached hydrogens (tertiary/aromatic N) is 5. The maximum Gasteiger partial charge on any atom is 0.241 e. The maximum absolute atomic E-state index is 13.3. The van der Waals surface area contributed by atoms with Crippen molar-refractivity contribution in [2.24, 2.45) is 5.92 Å². The molecule has 0 aliphatic carbocycles. The average molecular weight is 514 g/mol. The smallest absolute Gasteiger partial charge is 0.241 e. The highest BCUT2D eigenvalue weighted by molar-refractivity contribution is 6.31. The predicted octanol–water partition coefficient (Wildman–Crippen LogP) is 4.91. The number of likely N-dealkylation sites (tertiary alicyclic amines) is 1. The molecule has 2 saturated heterocycles. The van der Waals surface area contributed by atoms with Crippen LogP contribution in [-0.4, -0.2) is 65.1 Å². The molecule has 35 heavy (non-hydrogen) atoms. The van der Waals surface area contributed by atoms with Crippen molar-refractivity contribution in [2.75, 3.05) is 44.2 Å². The molecule has 2 aromatic carbocycles. The van der Waals surface area contributed by atoms with E-state index in [9.17, 15) is 4.79 Å². The molecule has 1 amide bonds. The Hall–Kier alpha value is -2.61. The van der Waals surface area contributed by atoms with Crippen LogP contribution in [0.25, 0.3) is 11.4 Å². The lowest BCUT2D eigenvalue weighted by atomic mass is 9.96. The quantitative estimate of drug-likeness (QED) is 0.482. The van der Waals surface area contributed by atoms with Crippen LogP contribution in [0.2, 0.25) is 10.0 Å². The van der Waals surface area contributed by atoms with Crippen molar-refractivity contribution in [1.82, 2.24) is 19.9 Å². The summed E-state index contributed by atoms with van der Waals surface area (Å²) in [6, 6.07) is 13.4. The lowest BCUT2D eigenvalue weighted by Crippen LogP contribution is -2.52. The Kier molecular flexibility index (Phi) is 7.27. The third-order valence-electron chi connectivity index (χ3n) is 6.87. The van der Waals surface area contributed by atoms with Gasteiger partial charge in [-0.2, -0.15) is 4.98 Å². The fourth-order valence-corrected chi connectivity index (χ4v) is 5.36. The van der Waals surface area contributed by atoms with Gasteiger partial charge in [-0.1, -0.05) is 46.6 Å². The van der Waals surface area contributed by atoms with Crippen LogP contribution >= 0.6 is 23.2 Å². The van der Waals surface area contributed by atoms with E-state index >= 15 is 0 Å². The maximum atomic E-state index is 13.3. The van der Waals surface area contributed by atoms with Gasteiger partial charge in [0.05, 0.1) is 12.5 Å². The van der Waals surface area contributed by atoms with Gasteiger partial charge in [-0.05, 0) is 56.1 Å². The summed E-state index contributed by atoms with van der Waals surface area (Å²) < 4.78 is 5.49. The minimum absolute atomic E-state index is 0.00136. The standard InChI is InChI=1S/C26H29Cl2N5O2/c1-18-7-8-22(28)15-23(18)32-10-12-33(13-11-32)26(34)20-5-3-9-31(16-20)17-24-29-25(30-35-24)19-4-2-6-21(27)14-19/h2,4,6-8,14-15,20H,3,5,9-13,16-17H2,1H3. The molecule has 0 bridgehead atoms. The Morgan fingerprint density at radius 3 is 2.66 bits per heavy atom. The molecule has 0 spiro atoms. The van der Waals surface area contributed by atoms with Crippen LogP contribution in [0.3, 0.4) is 0 Å². The predicted molar refractivity (Wildman–Crippen MR) is 138 cm³/mol. The summed E-state index contributed by atoms with van der Waals surface area (Å²) in [5.74, 6) is 1.33. The molecule has 0 N–H and O–H groups in total. The van der Waals surface area contributed by atoms with Gasteiger partial charge in [-0.25, -0.2) is 0 Å². The van der Waals surface area contributed by atoms with Crippen molar-refractivity contribution in [3.05, 3.63) is 64.0 Å². The van der Waals surface area contributed by atoms with Gasteiger partial charge in [0.15, 0.2) is 0 Å². The molecule has 2 aliphatic heterocycles. The van der Waals surface area contributed by atoms with Crippen molar-refractivity contribution in [3.8, 4) is 11.4 Å². The topological polar surface area (TPSA) is 65.7 Å². The summed E-state index contributed by atoms with van der Waals surface area (Å²) in [5, 5.41) is 5.48. The van der Waals surface area contributed by atoms with Crippen LogP contribution in [0, 0.1) is 12.8 Å². The van der Waals surface area contributed by atoms with E-state index in [4.69, 9.17) is 27.7 Å².